The maximum atomic E-state index is 14.0. The third-order valence-corrected chi connectivity index (χ3v) is 9.37. The Morgan fingerprint density at radius 1 is 1.13 bits per heavy atom. The van der Waals surface area contributed by atoms with E-state index >= 15 is 0 Å². The van der Waals surface area contributed by atoms with E-state index in [4.69, 9.17) is 4.98 Å². The number of ketones is 1. The number of allylic oxidation sites excluding steroid dienone is 1. The van der Waals surface area contributed by atoms with Gasteiger partial charge in [0.1, 0.15) is 23.5 Å². The number of alkyl halides is 2. The molecule has 0 bridgehead atoms. The number of likely N-dealkylation sites (N-methyl/N-ethyl adjacent to an activating group) is 1. The number of amidine groups is 1. The van der Waals surface area contributed by atoms with Crippen LogP contribution in [0.3, 0.4) is 0 Å². The lowest BCUT2D eigenvalue weighted by Gasteiger charge is -2.26. The lowest BCUT2D eigenvalue weighted by molar-refractivity contribution is -0.115. The molecule has 3 aromatic rings. The van der Waals surface area contributed by atoms with Gasteiger partial charge in [-0.05, 0) is 49.7 Å². The van der Waals surface area contributed by atoms with Gasteiger partial charge in [0, 0.05) is 35.7 Å². The van der Waals surface area contributed by atoms with Crippen molar-refractivity contribution in [2.24, 2.45) is 10.9 Å². The molecule has 2 aromatic carbocycles. The minimum atomic E-state index is -2.92. The summed E-state index contributed by atoms with van der Waals surface area (Å²) >= 11 is -1.68. The van der Waals surface area contributed by atoms with E-state index in [-0.39, 0.29) is 23.1 Å². The summed E-state index contributed by atoms with van der Waals surface area (Å²) < 4.78 is 46.0. The van der Waals surface area contributed by atoms with Gasteiger partial charge in [-0.2, -0.15) is 8.78 Å². The number of aliphatic imine (C=N–C) groups is 1. The minimum absolute atomic E-state index is 0.0370. The van der Waals surface area contributed by atoms with Gasteiger partial charge in [0.15, 0.2) is 10.6 Å². The highest BCUT2D eigenvalue weighted by molar-refractivity contribution is 7.96. The highest BCUT2D eigenvalue weighted by Crippen LogP contribution is 2.48. The number of hydrogen-bond donors (Lipinski definition) is 1. The second kappa shape index (κ2) is 8.89. The molecule has 38 heavy (non-hydrogen) atoms. The number of imidazole rings is 1. The second-order valence-electron chi connectivity index (χ2n) is 10.2. The van der Waals surface area contributed by atoms with Gasteiger partial charge < -0.3 is 19.2 Å². The molecule has 0 spiro atoms. The van der Waals surface area contributed by atoms with Gasteiger partial charge in [-0.15, -0.1) is 0 Å². The van der Waals surface area contributed by atoms with Crippen LogP contribution in [0.25, 0.3) is 11.0 Å². The summed E-state index contributed by atoms with van der Waals surface area (Å²) in [5.41, 5.74) is 3.43. The minimum Gasteiger partial charge on any atom is -0.611 e. The Labute approximate surface area is 220 Å². The Balaban J connectivity index is 1.26. The molecule has 4 aliphatic rings. The summed E-state index contributed by atoms with van der Waals surface area (Å²) in [7, 11) is 2.06. The highest BCUT2D eigenvalue weighted by atomic mass is 32.2. The normalized spacial score (nSPS) is 25.4. The fraction of sp³-hybridized carbons (Fsp3) is 0.370. The first-order valence-corrected chi connectivity index (χ1v) is 13.8. The first-order valence-electron chi connectivity index (χ1n) is 12.6. The van der Waals surface area contributed by atoms with Crippen LogP contribution in [0, 0.1) is 5.92 Å². The Hall–Kier alpha value is -3.28. The number of rotatable bonds is 5. The predicted octanol–water partition coefficient (Wildman–Crippen LogP) is 3.82. The molecule has 0 saturated heterocycles. The lowest BCUT2D eigenvalue weighted by atomic mass is 10.00. The van der Waals surface area contributed by atoms with Crippen LogP contribution in [-0.4, -0.2) is 50.8 Å². The van der Waals surface area contributed by atoms with Gasteiger partial charge in [-0.1, -0.05) is 18.2 Å². The van der Waals surface area contributed by atoms with Crippen molar-refractivity contribution in [3.63, 3.8) is 0 Å². The van der Waals surface area contributed by atoms with Crippen molar-refractivity contribution in [2.75, 3.05) is 13.6 Å². The van der Waals surface area contributed by atoms with Crippen LogP contribution in [-0.2, 0) is 29.1 Å². The van der Waals surface area contributed by atoms with Crippen molar-refractivity contribution < 1.29 is 22.9 Å². The van der Waals surface area contributed by atoms with E-state index in [9.17, 15) is 18.1 Å². The molecule has 1 N–H and O–H groups in total. The first-order chi connectivity index (χ1) is 18.4. The molecule has 3 unspecified atom stereocenters. The number of halogens is 2. The molecule has 196 valence electrons. The molecular formula is C27H25F2N5O3S. The van der Waals surface area contributed by atoms with Crippen LogP contribution >= 0.6 is 0 Å². The number of nitrogens with zero attached hydrogens (tertiary/aromatic N) is 4. The van der Waals surface area contributed by atoms with Crippen LogP contribution in [0.1, 0.15) is 41.1 Å². The molecular weight excluding hydrogens is 512 g/mol. The molecule has 1 aromatic heterocycles. The third-order valence-electron chi connectivity index (χ3n) is 7.60. The SMILES string of the molecule is CN1CCn2c(nc3ccc(C4C(=O)C5=C(C(c6ccc(OC(F)F)cc6)NC(C6CC6)=N5)[S+]4[O-])cc32)C1. The Bertz CT molecular complexity index is 1510. The van der Waals surface area contributed by atoms with Gasteiger partial charge >= 0.3 is 6.61 Å². The Morgan fingerprint density at radius 3 is 2.63 bits per heavy atom. The summed E-state index contributed by atoms with van der Waals surface area (Å²) in [6.07, 6.45) is 1.95. The zero-order valence-electron chi connectivity index (χ0n) is 20.6. The number of benzene rings is 2. The molecule has 4 heterocycles. The largest absolute Gasteiger partial charge is 0.611 e. The lowest BCUT2D eigenvalue weighted by Crippen LogP contribution is -2.35. The van der Waals surface area contributed by atoms with Crippen molar-refractivity contribution in [1.82, 2.24) is 19.8 Å². The summed E-state index contributed by atoms with van der Waals surface area (Å²) in [6, 6.07) is 11.4. The smallest absolute Gasteiger partial charge is 0.387 e. The first kappa shape index (κ1) is 23.8. The Morgan fingerprint density at radius 2 is 1.89 bits per heavy atom. The highest BCUT2D eigenvalue weighted by Gasteiger charge is 2.53. The van der Waals surface area contributed by atoms with E-state index < -0.39 is 29.1 Å². The molecule has 3 aliphatic heterocycles. The van der Waals surface area contributed by atoms with E-state index in [1.807, 2.05) is 18.2 Å². The van der Waals surface area contributed by atoms with Crippen molar-refractivity contribution >= 4 is 33.8 Å². The molecule has 1 aliphatic carbocycles. The number of nitrogens with one attached hydrogen (secondary N) is 1. The van der Waals surface area contributed by atoms with Gasteiger partial charge in [-0.25, -0.2) is 9.98 Å². The van der Waals surface area contributed by atoms with Crippen LogP contribution in [0.4, 0.5) is 8.78 Å². The van der Waals surface area contributed by atoms with Crippen LogP contribution in [0.15, 0.2) is 58.1 Å². The summed E-state index contributed by atoms with van der Waals surface area (Å²) in [5, 5.41) is 2.53. The van der Waals surface area contributed by atoms with Gasteiger partial charge in [-0.3, -0.25) is 9.69 Å². The standard InChI is InChI=1S/C27H25F2N5O3S/c1-33-10-11-34-19-12-16(6-9-18(19)30-20(34)13-33)24-23(35)22-25(38(24)36)21(31-26(32-22)15-2-3-15)14-4-7-17(8-5-14)37-27(28)29/h4-9,12,15,21,24,27H,2-3,10-11,13H2,1H3,(H,31,32). The summed E-state index contributed by atoms with van der Waals surface area (Å²) in [6.45, 7) is -0.465. The molecule has 1 saturated carbocycles. The quantitative estimate of drug-likeness (QED) is 0.498. The third kappa shape index (κ3) is 3.91. The second-order valence-corrected chi connectivity index (χ2v) is 11.7. The van der Waals surface area contributed by atoms with E-state index in [1.54, 1.807) is 12.1 Å². The molecule has 8 nitrogen and oxygen atoms in total. The predicted molar refractivity (Wildman–Crippen MR) is 138 cm³/mol. The molecule has 11 heteroatoms. The van der Waals surface area contributed by atoms with Crippen molar-refractivity contribution in [2.45, 2.75) is 43.8 Å². The number of Topliss-reactive ketones (excluding diaryl/α,β-unsaturated/α-hetero) is 1. The van der Waals surface area contributed by atoms with E-state index in [0.29, 0.717) is 16.0 Å². The average molecular weight is 538 g/mol. The van der Waals surface area contributed by atoms with Gasteiger partial charge in [0.05, 0.1) is 17.6 Å². The number of hydrogen-bond acceptors (Lipinski definition) is 7. The van der Waals surface area contributed by atoms with Crippen molar-refractivity contribution in [3.8, 4) is 5.75 Å². The van der Waals surface area contributed by atoms with Crippen molar-refractivity contribution in [3.05, 3.63) is 70.0 Å². The summed E-state index contributed by atoms with van der Waals surface area (Å²) in [4.78, 5) is 25.9. The summed E-state index contributed by atoms with van der Waals surface area (Å²) in [5.74, 6) is 1.72. The van der Waals surface area contributed by atoms with Crippen LogP contribution in [0.5, 0.6) is 5.75 Å². The van der Waals surface area contributed by atoms with Crippen molar-refractivity contribution in [1.29, 1.82) is 0 Å². The zero-order valence-corrected chi connectivity index (χ0v) is 21.4. The number of aromatic nitrogens is 2. The number of ether oxygens (including phenoxy) is 1. The maximum absolute atomic E-state index is 14.0. The molecule has 1 fully saturated rings. The van der Waals surface area contributed by atoms with Crippen LogP contribution < -0.4 is 10.1 Å². The topological polar surface area (TPSA) is 94.8 Å². The van der Waals surface area contributed by atoms with E-state index in [1.165, 1.54) is 12.1 Å². The fourth-order valence-electron chi connectivity index (χ4n) is 5.53. The molecule has 3 atom stereocenters. The van der Waals surface area contributed by atoms with Crippen LogP contribution in [0.2, 0.25) is 0 Å². The van der Waals surface area contributed by atoms with Gasteiger partial charge in [0.2, 0.25) is 11.0 Å². The molecule has 0 radical (unpaired) electrons. The zero-order chi connectivity index (χ0) is 26.1. The monoisotopic (exact) mass is 537 g/mol. The van der Waals surface area contributed by atoms with Gasteiger partial charge in [0.25, 0.3) is 0 Å². The number of carbonyl (C=O) groups excluding carboxylic acids is 1. The number of fused-ring (bicyclic) bond motifs is 3. The average Bonchev–Trinajstić information content (AvgIpc) is 3.64. The fourth-order valence-corrected chi connectivity index (χ4v) is 7.24. The van der Waals surface area contributed by atoms with E-state index in [0.717, 1.165) is 55.2 Å². The Kier molecular flexibility index (Phi) is 5.57. The van der Waals surface area contributed by atoms with E-state index in [2.05, 4.69) is 31.6 Å². The number of carbonyl (C=O) groups is 1. The molecule has 0 amide bonds. The maximum Gasteiger partial charge on any atom is 0.387 e. The molecule has 7 rings (SSSR count).